The van der Waals surface area contributed by atoms with Crippen LogP contribution in [0.1, 0.15) is 18.4 Å². The quantitative estimate of drug-likeness (QED) is 0.312. The van der Waals surface area contributed by atoms with Gasteiger partial charge in [0.25, 0.3) is 11.4 Å². The van der Waals surface area contributed by atoms with Crippen LogP contribution < -0.4 is 26.2 Å². The Morgan fingerprint density at radius 2 is 1.86 bits per heavy atom. The van der Waals surface area contributed by atoms with Gasteiger partial charge in [0.15, 0.2) is 0 Å². The first-order valence-electron chi connectivity index (χ1n) is 11.9. The number of aromatic nitrogens is 3. The van der Waals surface area contributed by atoms with Gasteiger partial charge in [-0.3, -0.25) is 14.2 Å². The maximum atomic E-state index is 13.5. The fourth-order valence-corrected chi connectivity index (χ4v) is 4.15. The number of hydrogen-bond acceptors (Lipinski definition) is 8. The normalized spacial score (nSPS) is 13.8. The molecule has 4 aromatic rings. The van der Waals surface area contributed by atoms with Gasteiger partial charge in [0, 0.05) is 22.7 Å². The molecule has 1 aliphatic heterocycles. The molecule has 10 nitrogen and oxygen atoms in total. The van der Waals surface area contributed by atoms with Crippen LogP contribution in [0.15, 0.2) is 76.4 Å². The number of hydrogen-bond donors (Lipinski definition) is 3. The van der Waals surface area contributed by atoms with Crippen molar-refractivity contribution in [3.05, 3.63) is 88.0 Å². The number of benzene rings is 2. The van der Waals surface area contributed by atoms with Crippen LogP contribution in [0.2, 0.25) is 5.02 Å². The fraction of sp³-hybridized carbons (Fsp3) is 0.231. The van der Waals surface area contributed by atoms with Crippen molar-refractivity contribution < 1.29 is 14.1 Å². The molecule has 0 saturated carbocycles. The van der Waals surface area contributed by atoms with E-state index in [1.807, 2.05) is 12.1 Å². The summed E-state index contributed by atoms with van der Waals surface area (Å²) in [6, 6.07) is 15.9. The summed E-state index contributed by atoms with van der Waals surface area (Å²) in [5.74, 6) is 0.941. The summed E-state index contributed by atoms with van der Waals surface area (Å²) in [7, 11) is 0. The average molecular weight is 521 g/mol. The Kier molecular flexibility index (Phi) is 7.48. The predicted octanol–water partition coefficient (Wildman–Crippen LogP) is 4.41. The number of carbonyl (C=O) groups is 1. The Balaban J connectivity index is 1.40. The van der Waals surface area contributed by atoms with Gasteiger partial charge < -0.3 is 25.2 Å². The molecule has 3 N–H and O–H groups in total. The number of halogens is 1. The fourth-order valence-electron chi connectivity index (χ4n) is 4.03. The summed E-state index contributed by atoms with van der Waals surface area (Å²) >= 11 is 6.03. The molecule has 37 heavy (non-hydrogen) atoms. The minimum atomic E-state index is -0.360. The van der Waals surface area contributed by atoms with E-state index in [4.69, 9.17) is 20.9 Å². The molecule has 0 radical (unpaired) electrons. The number of nitrogens with zero attached hydrogens (tertiary/aromatic N) is 3. The Hall–Kier alpha value is -4.15. The SMILES string of the molecule is O=C(Nc1cnc(Nc2ccc(Oc3ccon3)cc2)n(Cc2ccc(Cl)cc2)c1=O)C1CCNCC1. The van der Waals surface area contributed by atoms with E-state index in [9.17, 15) is 9.59 Å². The molecule has 11 heteroatoms. The van der Waals surface area contributed by atoms with E-state index in [-0.39, 0.29) is 29.6 Å². The Morgan fingerprint density at radius 3 is 2.57 bits per heavy atom. The first kappa shape index (κ1) is 24.5. The van der Waals surface area contributed by atoms with Crippen molar-refractivity contribution in [2.24, 2.45) is 5.92 Å². The molecule has 0 atom stereocenters. The summed E-state index contributed by atoms with van der Waals surface area (Å²) in [4.78, 5) is 30.8. The molecule has 2 aromatic heterocycles. The van der Waals surface area contributed by atoms with Crippen LogP contribution in [0.25, 0.3) is 0 Å². The van der Waals surface area contributed by atoms with E-state index in [1.54, 1.807) is 42.5 Å². The van der Waals surface area contributed by atoms with Gasteiger partial charge in [-0.25, -0.2) is 4.98 Å². The van der Waals surface area contributed by atoms with Crippen molar-refractivity contribution in [2.45, 2.75) is 19.4 Å². The highest BCUT2D eigenvalue weighted by Gasteiger charge is 2.22. The zero-order valence-electron chi connectivity index (χ0n) is 19.8. The number of rotatable bonds is 8. The molecule has 0 bridgehead atoms. The van der Waals surface area contributed by atoms with E-state index in [0.29, 0.717) is 28.3 Å². The lowest BCUT2D eigenvalue weighted by molar-refractivity contribution is -0.120. The van der Waals surface area contributed by atoms with E-state index >= 15 is 0 Å². The standard InChI is InChI=1S/C26H25ClN6O4/c27-19-3-1-17(2-4-19)16-33-25(35)22(31-24(34)18-9-12-28-13-10-18)15-29-26(33)30-20-5-7-21(8-6-20)37-23-11-14-36-32-23/h1-8,11,14-15,18,28H,9-10,12-13,16H2,(H,29,30)(H,31,34). The maximum Gasteiger partial charge on any atom is 0.279 e. The minimum Gasteiger partial charge on any atom is -0.436 e. The van der Waals surface area contributed by atoms with Crippen molar-refractivity contribution in [2.75, 3.05) is 23.7 Å². The number of carbonyl (C=O) groups excluding carboxylic acids is 1. The van der Waals surface area contributed by atoms with Gasteiger partial charge in [-0.2, -0.15) is 0 Å². The molecule has 5 rings (SSSR count). The van der Waals surface area contributed by atoms with Gasteiger partial charge in [-0.05, 0) is 73.0 Å². The van der Waals surface area contributed by atoms with Gasteiger partial charge >= 0.3 is 0 Å². The molecule has 0 aliphatic carbocycles. The zero-order valence-corrected chi connectivity index (χ0v) is 20.6. The molecule has 3 heterocycles. The van der Waals surface area contributed by atoms with Crippen LogP contribution in [-0.4, -0.2) is 33.7 Å². The Bertz CT molecular complexity index is 1400. The molecular formula is C26H25ClN6O4. The molecule has 0 spiro atoms. The summed E-state index contributed by atoms with van der Waals surface area (Å²) in [6.07, 6.45) is 4.28. The summed E-state index contributed by atoms with van der Waals surface area (Å²) in [6.45, 7) is 1.79. The van der Waals surface area contributed by atoms with Gasteiger partial charge in [0.2, 0.25) is 11.9 Å². The van der Waals surface area contributed by atoms with Crippen molar-refractivity contribution >= 4 is 34.8 Å². The molecule has 1 saturated heterocycles. The van der Waals surface area contributed by atoms with E-state index in [2.05, 4.69) is 26.1 Å². The second-order valence-electron chi connectivity index (χ2n) is 8.62. The summed E-state index contributed by atoms with van der Waals surface area (Å²) in [5.41, 5.74) is 1.32. The third kappa shape index (κ3) is 6.16. The van der Waals surface area contributed by atoms with Crippen LogP contribution in [0.5, 0.6) is 11.6 Å². The molecule has 2 aromatic carbocycles. The van der Waals surface area contributed by atoms with E-state index in [1.165, 1.54) is 17.0 Å². The maximum absolute atomic E-state index is 13.5. The second kappa shape index (κ2) is 11.3. The number of piperidine rings is 1. The second-order valence-corrected chi connectivity index (χ2v) is 9.05. The van der Waals surface area contributed by atoms with Crippen LogP contribution in [-0.2, 0) is 11.3 Å². The lowest BCUT2D eigenvalue weighted by atomic mass is 9.97. The predicted molar refractivity (Wildman–Crippen MR) is 140 cm³/mol. The van der Waals surface area contributed by atoms with Crippen molar-refractivity contribution in [3.8, 4) is 11.6 Å². The summed E-state index contributed by atoms with van der Waals surface area (Å²) < 4.78 is 11.9. The molecule has 1 fully saturated rings. The van der Waals surface area contributed by atoms with Crippen molar-refractivity contribution in [1.82, 2.24) is 20.0 Å². The first-order chi connectivity index (χ1) is 18.0. The molecule has 190 valence electrons. The third-order valence-electron chi connectivity index (χ3n) is 6.02. The lowest BCUT2D eigenvalue weighted by Crippen LogP contribution is -2.36. The van der Waals surface area contributed by atoms with Crippen LogP contribution >= 0.6 is 11.6 Å². The third-order valence-corrected chi connectivity index (χ3v) is 6.27. The Morgan fingerprint density at radius 1 is 1.11 bits per heavy atom. The van der Waals surface area contributed by atoms with Crippen LogP contribution in [0.4, 0.5) is 17.3 Å². The van der Waals surface area contributed by atoms with Crippen LogP contribution in [0, 0.1) is 5.92 Å². The number of anilines is 3. The Labute approximate surface area is 217 Å². The lowest BCUT2D eigenvalue weighted by Gasteiger charge is -2.22. The zero-order chi connectivity index (χ0) is 25.6. The molecule has 1 aliphatic rings. The monoisotopic (exact) mass is 520 g/mol. The topological polar surface area (TPSA) is 123 Å². The average Bonchev–Trinajstić information content (AvgIpc) is 3.43. The van der Waals surface area contributed by atoms with Crippen LogP contribution in [0.3, 0.4) is 0 Å². The first-order valence-corrected chi connectivity index (χ1v) is 12.2. The molecule has 0 unspecified atom stereocenters. The highest BCUT2D eigenvalue weighted by Crippen LogP contribution is 2.23. The number of ether oxygens (including phenoxy) is 1. The van der Waals surface area contributed by atoms with Crippen molar-refractivity contribution in [1.29, 1.82) is 0 Å². The van der Waals surface area contributed by atoms with E-state index < -0.39 is 0 Å². The van der Waals surface area contributed by atoms with Crippen molar-refractivity contribution in [3.63, 3.8) is 0 Å². The summed E-state index contributed by atoms with van der Waals surface area (Å²) in [5, 5.41) is 13.5. The number of nitrogens with one attached hydrogen (secondary N) is 3. The molecule has 1 amide bonds. The minimum absolute atomic E-state index is 0.138. The van der Waals surface area contributed by atoms with Gasteiger partial charge in [0.05, 0.1) is 12.7 Å². The highest BCUT2D eigenvalue weighted by molar-refractivity contribution is 6.30. The smallest absolute Gasteiger partial charge is 0.279 e. The van der Waals surface area contributed by atoms with Gasteiger partial charge in [0.1, 0.15) is 17.7 Å². The van der Waals surface area contributed by atoms with E-state index in [0.717, 1.165) is 31.5 Å². The van der Waals surface area contributed by atoms with Gasteiger partial charge in [-0.1, -0.05) is 23.7 Å². The number of amides is 1. The molecular weight excluding hydrogens is 496 g/mol. The van der Waals surface area contributed by atoms with Gasteiger partial charge in [-0.15, -0.1) is 0 Å². The largest absolute Gasteiger partial charge is 0.436 e. The highest BCUT2D eigenvalue weighted by atomic mass is 35.5.